The smallest absolute Gasteiger partial charge is 0.187 e. The van der Waals surface area contributed by atoms with Gasteiger partial charge in [0.25, 0.3) is 0 Å². The molecule has 0 aliphatic carbocycles. The Bertz CT molecular complexity index is 558. The second kappa shape index (κ2) is 3.98. The van der Waals surface area contributed by atoms with Gasteiger partial charge in [-0.2, -0.15) is 5.26 Å². The predicted molar refractivity (Wildman–Crippen MR) is 52.5 cm³/mol. The fourth-order valence-corrected chi connectivity index (χ4v) is 1.14. The van der Waals surface area contributed by atoms with Gasteiger partial charge in [0, 0.05) is 6.20 Å². The van der Waals surface area contributed by atoms with Crippen molar-refractivity contribution in [1.29, 1.82) is 5.26 Å². The zero-order valence-corrected chi connectivity index (χ0v) is 8.35. The van der Waals surface area contributed by atoms with E-state index >= 15 is 0 Å². The number of halogens is 1. The standard InChI is InChI=1S/C10H6FN5/c1-6-3-14-8(4-13-6)10-9(11)7(2-12)15-5-16-10/h3-5H,1H3. The lowest BCUT2D eigenvalue weighted by atomic mass is 10.2. The number of hydrogen-bond donors (Lipinski definition) is 0. The Kier molecular flexibility index (Phi) is 2.52. The van der Waals surface area contributed by atoms with Crippen LogP contribution in [-0.4, -0.2) is 19.9 Å². The van der Waals surface area contributed by atoms with Crippen LogP contribution in [-0.2, 0) is 0 Å². The molecule has 0 amide bonds. The lowest BCUT2D eigenvalue weighted by Gasteiger charge is -2.01. The van der Waals surface area contributed by atoms with Crippen molar-refractivity contribution in [2.75, 3.05) is 0 Å². The summed E-state index contributed by atoms with van der Waals surface area (Å²) in [5, 5.41) is 8.62. The molecule has 0 saturated carbocycles. The molecule has 0 N–H and O–H groups in total. The van der Waals surface area contributed by atoms with E-state index in [2.05, 4.69) is 19.9 Å². The maximum Gasteiger partial charge on any atom is 0.187 e. The molecule has 0 aliphatic rings. The van der Waals surface area contributed by atoms with Gasteiger partial charge in [-0.3, -0.25) is 9.97 Å². The third-order valence-electron chi connectivity index (χ3n) is 1.92. The number of aryl methyl sites for hydroxylation is 1. The minimum Gasteiger partial charge on any atom is -0.258 e. The Balaban J connectivity index is 2.57. The van der Waals surface area contributed by atoms with Gasteiger partial charge in [-0.15, -0.1) is 0 Å². The van der Waals surface area contributed by atoms with E-state index in [4.69, 9.17) is 5.26 Å². The van der Waals surface area contributed by atoms with Crippen molar-refractivity contribution < 1.29 is 4.39 Å². The average Bonchev–Trinajstić information content (AvgIpc) is 2.31. The molecule has 2 rings (SSSR count). The Morgan fingerprint density at radius 3 is 2.62 bits per heavy atom. The van der Waals surface area contributed by atoms with E-state index in [0.717, 1.165) is 12.0 Å². The van der Waals surface area contributed by atoms with Crippen molar-refractivity contribution in [2.24, 2.45) is 0 Å². The van der Waals surface area contributed by atoms with Crippen LogP contribution >= 0.6 is 0 Å². The number of nitriles is 1. The molecular formula is C10H6FN5. The second-order valence-electron chi connectivity index (χ2n) is 3.04. The normalized spacial score (nSPS) is 9.81. The molecule has 2 aromatic heterocycles. The first kappa shape index (κ1) is 10.1. The van der Waals surface area contributed by atoms with Gasteiger partial charge in [-0.25, -0.2) is 14.4 Å². The summed E-state index contributed by atoms with van der Waals surface area (Å²) in [6.07, 6.45) is 4.03. The first-order valence-electron chi connectivity index (χ1n) is 4.42. The topological polar surface area (TPSA) is 75.3 Å². The summed E-state index contributed by atoms with van der Waals surface area (Å²) in [5.74, 6) is -0.775. The molecule has 0 unspecified atom stereocenters. The molecule has 0 bridgehead atoms. The summed E-state index contributed by atoms with van der Waals surface area (Å²) in [4.78, 5) is 15.2. The summed E-state index contributed by atoms with van der Waals surface area (Å²) in [6.45, 7) is 1.77. The summed E-state index contributed by atoms with van der Waals surface area (Å²) >= 11 is 0. The molecule has 0 spiro atoms. The first-order chi connectivity index (χ1) is 7.72. The van der Waals surface area contributed by atoms with Crippen LogP contribution < -0.4 is 0 Å². The summed E-state index contributed by atoms with van der Waals surface area (Å²) in [5.41, 5.74) is 0.687. The van der Waals surface area contributed by atoms with Gasteiger partial charge in [-0.1, -0.05) is 0 Å². The lowest BCUT2D eigenvalue weighted by molar-refractivity contribution is 0.612. The number of aromatic nitrogens is 4. The molecule has 0 fully saturated rings. The fraction of sp³-hybridized carbons (Fsp3) is 0.100. The summed E-state index contributed by atoms with van der Waals surface area (Å²) < 4.78 is 13.6. The van der Waals surface area contributed by atoms with E-state index in [1.807, 2.05) is 0 Å². The molecule has 0 atom stereocenters. The van der Waals surface area contributed by atoms with Crippen LogP contribution in [0.4, 0.5) is 4.39 Å². The van der Waals surface area contributed by atoms with Crippen molar-refractivity contribution in [1.82, 2.24) is 19.9 Å². The van der Waals surface area contributed by atoms with Crippen LogP contribution in [0.2, 0.25) is 0 Å². The van der Waals surface area contributed by atoms with E-state index in [9.17, 15) is 4.39 Å². The van der Waals surface area contributed by atoms with Crippen molar-refractivity contribution in [2.45, 2.75) is 6.92 Å². The van der Waals surface area contributed by atoms with Crippen LogP contribution in [0.1, 0.15) is 11.4 Å². The van der Waals surface area contributed by atoms with Gasteiger partial charge >= 0.3 is 0 Å². The third kappa shape index (κ3) is 1.70. The molecule has 0 radical (unpaired) electrons. The van der Waals surface area contributed by atoms with Crippen LogP contribution in [0.3, 0.4) is 0 Å². The van der Waals surface area contributed by atoms with Crippen molar-refractivity contribution in [3.05, 3.63) is 35.9 Å². The van der Waals surface area contributed by atoms with Crippen LogP contribution in [0, 0.1) is 24.1 Å². The fourth-order valence-electron chi connectivity index (χ4n) is 1.14. The molecule has 0 saturated heterocycles. The monoisotopic (exact) mass is 215 g/mol. The van der Waals surface area contributed by atoms with Crippen LogP contribution in [0.15, 0.2) is 18.7 Å². The lowest BCUT2D eigenvalue weighted by Crippen LogP contribution is -1.98. The molecule has 5 nitrogen and oxygen atoms in total. The predicted octanol–water partition coefficient (Wildman–Crippen LogP) is 1.25. The van der Waals surface area contributed by atoms with Crippen LogP contribution in [0.5, 0.6) is 0 Å². The van der Waals surface area contributed by atoms with Gasteiger partial charge in [0.05, 0.1) is 11.9 Å². The summed E-state index contributed by atoms with van der Waals surface area (Å²) in [6, 6.07) is 1.64. The summed E-state index contributed by atoms with van der Waals surface area (Å²) in [7, 11) is 0. The molecule has 2 aromatic rings. The zero-order valence-electron chi connectivity index (χ0n) is 8.35. The Morgan fingerprint density at radius 1 is 1.19 bits per heavy atom. The molecule has 16 heavy (non-hydrogen) atoms. The Hall–Kier alpha value is -2.42. The zero-order chi connectivity index (χ0) is 11.5. The van der Waals surface area contributed by atoms with Crippen LogP contribution in [0.25, 0.3) is 11.4 Å². The second-order valence-corrected chi connectivity index (χ2v) is 3.04. The van der Waals surface area contributed by atoms with Gasteiger partial charge < -0.3 is 0 Å². The van der Waals surface area contributed by atoms with E-state index in [1.54, 1.807) is 13.0 Å². The van der Waals surface area contributed by atoms with E-state index in [1.165, 1.54) is 12.4 Å². The highest BCUT2D eigenvalue weighted by Gasteiger charge is 2.13. The molecule has 6 heteroatoms. The van der Waals surface area contributed by atoms with E-state index in [-0.39, 0.29) is 17.1 Å². The highest BCUT2D eigenvalue weighted by Crippen LogP contribution is 2.17. The molecule has 0 aromatic carbocycles. The number of hydrogen-bond acceptors (Lipinski definition) is 5. The number of rotatable bonds is 1. The third-order valence-corrected chi connectivity index (χ3v) is 1.92. The van der Waals surface area contributed by atoms with Crippen molar-refractivity contribution >= 4 is 0 Å². The maximum absolute atomic E-state index is 13.6. The van der Waals surface area contributed by atoms with E-state index < -0.39 is 5.82 Å². The van der Waals surface area contributed by atoms with Gasteiger partial charge in [-0.05, 0) is 6.92 Å². The number of nitrogens with zero attached hydrogens (tertiary/aromatic N) is 5. The Labute approximate surface area is 90.7 Å². The SMILES string of the molecule is Cc1cnc(-c2ncnc(C#N)c2F)cn1. The molecule has 0 aliphatic heterocycles. The van der Waals surface area contributed by atoms with Crippen molar-refractivity contribution in [3.8, 4) is 17.5 Å². The van der Waals surface area contributed by atoms with Gasteiger partial charge in [0.1, 0.15) is 23.8 Å². The highest BCUT2D eigenvalue weighted by molar-refractivity contribution is 5.54. The minimum atomic E-state index is -0.775. The molecular weight excluding hydrogens is 209 g/mol. The van der Waals surface area contributed by atoms with Crippen molar-refractivity contribution in [3.63, 3.8) is 0 Å². The molecule has 2 heterocycles. The van der Waals surface area contributed by atoms with Gasteiger partial charge in [0.2, 0.25) is 0 Å². The molecule has 78 valence electrons. The quantitative estimate of drug-likeness (QED) is 0.715. The maximum atomic E-state index is 13.6. The average molecular weight is 215 g/mol. The highest BCUT2D eigenvalue weighted by atomic mass is 19.1. The first-order valence-corrected chi connectivity index (χ1v) is 4.42. The van der Waals surface area contributed by atoms with Gasteiger partial charge in [0.15, 0.2) is 11.5 Å². The Morgan fingerprint density at radius 2 is 2.00 bits per heavy atom. The minimum absolute atomic E-state index is 0.0148. The largest absolute Gasteiger partial charge is 0.258 e. The van der Waals surface area contributed by atoms with E-state index in [0.29, 0.717) is 0 Å².